The molecule has 1 amide bonds. The number of rotatable bonds is 5. The molecule has 0 fully saturated rings. The van der Waals surface area contributed by atoms with Gasteiger partial charge in [-0.2, -0.15) is 0 Å². The first-order valence-corrected chi connectivity index (χ1v) is 10.9. The fraction of sp³-hybridized carbons (Fsp3) is 0.100. The lowest BCUT2D eigenvalue weighted by Gasteiger charge is -2.12. The molecule has 1 heterocycles. The summed E-state index contributed by atoms with van der Waals surface area (Å²) in [4.78, 5) is 18.3. The van der Waals surface area contributed by atoms with Crippen molar-refractivity contribution in [3.05, 3.63) is 78.0 Å². The van der Waals surface area contributed by atoms with Crippen molar-refractivity contribution in [1.29, 1.82) is 0 Å². The molecule has 0 aliphatic heterocycles. The highest BCUT2D eigenvalue weighted by Crippen LogP contribution is 2.29. The van der Waals surface area contributed by atoms with E-state index in [4.69, 9.17) is 0 Å². The summed E-state index contributed by atoms with van der Waals surface area (Å²) >= 11 is 1.40. The summed E-state index contributed by atoms with van der Waals surface area (Å²) in [6.45, 7) is 1.81. The zero-order chi connectivity index (χ0) is 19.4. The van der Waals surface area contributed by atoms with E-state index in [0.717, 1.165) is 16.7 Å². The molecular formula is C20H18N2O3S2. The van der Waals surface area contributed by atoms with Crippen molar-refractivity contribution in [3.8, 4) is 0 Å². The van der Waals surface area contributed by atoms with E-state index < -0.39 is 9.84 Å². The van der Waals surface area contributed by atoms with E-state index in [1.165, 1.54) is 23.9 Å². The predicted octanol–water partition coefficient (Wildman–Crippen LogP) is 4.20. The standard InChI is InChI=1S/C20H18N2O3S2/c1-14-10-11-16(27(2,24)25)13-18(14)22-19(23)17-9-6-12-21-20(17)26-15-7-4-3-5-8-15/h3-13H,1-2H3,(H,22,23). The lowest BCUT2D eigenvalue weighted by atomic mass is 10.2. The summed E-state index contributed by atoms with van der Waals surface area (Å²) in [5.41, 5.74) is 1.66. The third-order valence-electron chi connectivity index (χ3n) is 3.86. The molecule has 0 spiro atoms. The molecular weight excluding hydrogens is 380 g/mol. The van der Waals surface area contributed by atoms with Crippen LogP contribution in [0.3, 0.4) is 0 Å². The number of anilines is 1. The molecule has 0 saturated heterocycles. The Morgan fingerprint density at radius 1 is 1.04 bits per heavy atom. The third kappa shape index (κ3) is 4.75. The Labute approximate surface area is 162 Å². The molecule has 0 aliphatic rings. The lowest BCUT2D eigenvalue weighted by molar-refractivity contribution is 0.102. The molecule has 2 aromatic carbocycles. The van der Waals surface area contributed by atoms with Gasteiger partial charge in [-0.15, -0.1) is 0 Å². The number of hydrogen-bond donors (Lipinski definition) is 1. The quantitative estimate of drug-likeness (QED) is 0.697. The lowest BCUT2D eigenvalue weighted by Crippen LogP contribution is -2.15. The second kappa shape index (κ2) is 7.94. The fourth-order valence-corrected chi connectivity index (χ4v) is 3.95. The number of aryl methyl sites for hydroxylation is 1. The Balaban J connectivity index is 1.90. The van der Waals surface area contributed by atoms with Gasteiger partial charge in [0, 0.05) is 23.0 Å². The molecule has 0 saturated carbocycles. The monoisotopic (exact) mass is 398 g/mol. The van der Waals surface area contributed by atoms with Gasteiger partial charge in [-0.3, -0.25) is 4.79 Å². The van der Waals surface area contributed by atoms with Gasteiger partial charge in [0.05, 0.1) is 10.5 Å². The molecule has 3 rings (SSSR count). The van der Waals surface area contributed by atoms with Crippen molar-refractivity contribution in [3.63, 3.8) is 0 Å². The highest BCUT2D eigenvalue weighted by Gasteiger charge is 2.16. The molecule has 0 aliphatic carbocycles. The minimum Gasteiger partial charge on any atom is -0.322 e. The highest BCUT2D eigenvalue weighted by molar-refractivity contribution is 7.99. The van der Waals surface area contributed by atoms with Gasteiger partial charge in [-0.05, 0) is 48.9 Å². The zero-order valence-electron chi connectivity index (χ0n) is 14.8. The minimum absolute atomic E-state index is 0.161. The van der Waals surface area contributed by atoms with Crippen molar-refractivity contribution < 1.29 is 13.2 Å². The molecule has 0 unspecified atom stereocenters. The van der Waals surface area contributed by atoms with Crippen LogP contribution in [-0.2, 0) is 9.84 Å². The van der Waals surface area contributed by atoms with E-state index in [2.05, 4.69) is 10.3 Å². The van der Waals surface area contributed by atoms with Gasteiger partial charge in [0.1, 0.15) is 5.03 Å². The molecule has 1 aromatic heterocycles. The number of sulfone groups is 1. The minimum atomic E-state index is -3.36. The Bertz CT molecular complexity index is 1080. The second-order valence-electron chi connectivity index (χ2n) is 5.97. The molecule has 7 heteroatoms. The van der Waals surface area contributed by atoms with Crippen LogP contribution in [0, 0.1) is 6.92 Å². The van der Waals surface area contributed by atoms with Crippen LogP contribution in [0.15, 0.2) is 81.7 Å². The van der Waals surface area contributed by atoms with Crippen LogP contribution in [0.4, 0.5) is 5.69 Å². The second-order valence-corrected chi connectivity index (χ2v) is 9.05. The normalized spacial score (nSPS) is 11.2. The average Bonchev–Trinajstić information content (AvgIpc) is 2.64. The Morgan fingerprint density at radius 3 is 2.48 bits per heavy atom. The summed E-state index contributed by atoms with van der Waals surface area (Å²) in [6.07, 6.45) is 2.77. The molecule has 0 radical (unpaired) electrons. The summed E-state index contributed by atoms with van der Waals surface area (Å²) < 4.78 is 23.6. The number of nitrogens with zero attached hydrogens (tertiary/aromatic N) is 1. The number of hydrogen-bond acceptors (Lipinski definition) is 5. The van der Waals surface area contributed by atoms with Gasteiger partial charge in [0.25, 0.3) is 5.91 Å². The largest absolute Gasteiger partial charge is 0.322 e. The van der Waals surface area contributed by atoms with Crippen molar-refractivity contribution in [2.24, 2.45) is 0 Å². The molecule has 0 bridgehead atoms. The van der Waals surface area contributed by atoms with Gasteiger partial charge >= 0.3 is 0 Å². The van der Waals surface area contributed by atoms with Crippen LogP contribution in [-0.4, -0.2) is 25.6 Å². The van der Waals surface area contributed by atoms with E-state index in [1.807, 2.05) is 37.3 Å². The predicted molar refractivity (Wildman–Crippen MR) is 107 cm³/mol. The first-order valence-electron chi connectivity index (χ1n) is 8.14. The Hall–Kier alpha value is -2.64. The van der Waals surface area contributed by atoms with Crippen LogP contribution in [0.25, 0.3) is 0 Å². The average molecular weight is 399 g/mol. The van der Waals surface area contributed by atoms with Crippen LogP contribution in [0.5, 0.6) is 0 Å². The van der Waals surface area contributed by atoms with Gasteiger partial charge in [0.2, 0.25) is 0 Å². The van der Waals surface area contributed by atoms with Gasteiger partial charge in [-0.1, -0.05) is 36.0 Å². The molecule has 1 N–H and O–H groups in total. The van der Waals surface area contributed by atoms with E-state index in [9.17, 15) is 13.2 Å². The smallest absolute Gasteiger partial charge is 0.258 e. The summed E-state index contributed by atoms with van der Waals surface area (Å²) in [6, 6.07) is 17.7. The first-order chi connectivity index (χ1) is 12.8. The molecule has 3 aromatic rings. The molecule has 0 atom stereocenters. The number of aromatic nitrogens is 1. The summed E-state index contributed by atoms with van der Waals surface area (Å²) in [5.74, 6) is -0.338. The van der Waals surface area contributed by atoms with Crippen LogP contribution in [0.2, 0.25) is 0 Å². The van der Waals surface area contributed by atoms with E-state index in [0.29, 0.717) is 16.3 Å². The Morgan fingerprint density at radius 2 is 1.78 bits per heavy atom. The first kappa shape index (κ1) is 19.1. The van der Waals surface area contributed by atoms with Gasteiger partial charge < -0.3 is 5.32 Å². The van der Waals surface area contributed by atoms with E-state index >= 15 is 0 Å². The van der Waals surface area contributed by atoms with Crippen LogP contribution in [0.1, 0.15) is 15.9 Å². The molecule has 138 valence electrons. The van der Waals surface area contributed by atoms with E-state index in [1.54, 1.807) is 24.4 Å². The molecule has 5 nitrogen and oxygen atoms in total. The number of pyridine rings is 1. The topological polar surface area (TPSA) is 76.1 Å². The van der Waals surface area contributed by atoms with E-state index in [-0.39, 0.29) is 10.8 Å². The summed E-state index contributed by atoms with van der Waals surface area (Å²) in [5, 5.41) is 3.39. The van der Waals surface area contributed by atoms with Crippen LogP contribution >= 0.6 is 11.8 Å². The fourth-order valence-electron chi connectivity index (χ4n) is 2.40. The van der Waals surface area contributed by atoms with Crippen molar-refractivity contribution >= 4 is 33.2 Å². The highest BCUT2D eigenvalue weighted by atomic mass is 32.2. The van der Waals surface area contributed by atoms with Gasteiger partial charge in [-0.25, -0.2) is 13.4 Å². The maximum Gasteiger partial charge on any atom is 0.258 e. The van der Waals surface area contributed by atoms with Crippen molar-refractivity contribution in [2.45, 2.75) is 21.7 Å². The van der Waals surface area contributed by atoms with Crippen molar-refractivity contribution in [1.82, 2.24) is 4.98 Å². The number of amides is 1. The number of nitrogens with one attached hydrogen (secondary N) is 1. The Kier molecular flexibility index (Phi) is 5.62. The van der Waals surface area contributed by atoms with Crippen LogP contribution < -0.4 is 5.32 Å². The SMILES string of the molecule is Cc1ccc(S(C)(=O)=O)cc1NC(=O)c1cccnc1Sc1ccccc1. The zero-order valence-corrected chi connectivity index (χ0v) is 16.5. The van der Waals surface area contributed by atoms with Crippen molar-refractivity contribution in [2.75, 3.05) is 11.6 Å². The maximum atomic E-state index is 12.8. The summed E-state index contributed by atoms with van der Waals surface area (Å²) in [7, 11) is -3.36. The number of benzene rings is 2. The third-order valence-corrected chi connectivity index (χ3v) is 6.00. The number of carbonyl (C=O) groups is 1. The molecule has 27 heavy (non-hydrogen) atoms. The van der Waals surface area contributed by atoms with Gasteiger partial charge in [0.15, 0.2) is 9.84 Å². The maximum absolute atomic E-state index is 12.8. The number of carbonyl (C=O) groups excluding carboxylic acids is 1.